The van der Waals surface area contributed by atoms with Crippen LogP contribution < -0.4 is 10.6 Å². The third kappa shape index (κ3) is 6.33. The molecule has 110 valence electrons. The first kappa shape index (κ1) is 15.2. The molecule has 0 aliphatic heterocycles. The SMILES string of the molecule is CCNC(=NCC1CC1)NCCCSc1ccccc1. The molecule has 1 fully saturated rings. The van der Waals surface area contributed by atoms with E-state index >= 15 is 0 Å². The second kappa shape index (κ2) is 8.90. The van der Waals surface area contributed by atoms with Crippen LogP contribution in [0.4, 0.5) is 0 Å². The van der Waals surface area contributed by atoms with Gasteiger partial charge in [0.25, 0.3) is 0 Å². The number of nitrogens with one attached hydrogen (secondary N) is 2. The van der Waals surface area contributed by atoms with E-state index in [2.05, 4.69) is 52.9 Å². The average molecular weight is 291 g/mol. The van der Waals surface area contributed by atoms with Crippen molar-refractivity contribution in [1.82, 2.24) is 10.6 Å². The van der Waals surface area contributed by atoms with Crippen molar-refractivity contribution >= 4 is 17.7 Å². The minimum absolute atomic E-state index is 0.846. The van der Waals surface area contributed by atoms with Crippen LogP contribution in [0.2, 0.25) is 0 Å². The molecule has 2 N–H and O–H groups in total. The Morgan fingerprint density at radius 3 is 2.75 bits per heavy atom. The second-order valence-corrected chi connectivity index (χ2v) is 6.27. The van der Waals surface area contributed by atoms with Gasteiger partial charge in [-0.15, -0.1) is 11.8 Å². The number of hydrogen-bond acceptors (Lipinski definition) is 2. The maximum absolute atomic E-state index is 4.62. The molecule has 0 amide bonds. The highest BCUT2D eigenvalue weighted by Gasteiger charge is 2.20. The maximum atomic E-state index is 4.62. The number of aliphatic imine (C=N–C) groups is 1. The number of guanidine groups is 1. The topological polar surface area (TPSA) is 36.4 Å². The summed E-state index contributed by atoms with van der Waals surface area (Å²) in [4.78, 5) is 5.97. The Morgan fingerprint density at radius 1 is 1.25 bits per heavy atom. The fraction of sp³-hybridized carbons (Fsp3) is 0.562. The zero-order valence-corrected chi connectivity index (χ0v) is 13.1. The number of hydrogen-bond donors (Lipinski definition) is 2. The van der Waals surface area contributed by atoms with E-state index in [-0.39, 0.29) is 0 Å². The van der Waals surface area contributed by atoms with E-state index < -0.39 is 0 Å². The first-order chi connectivity index (χ1) is 9.88. The molecule has 2 rings (SSSR count). The molecular weight excluding hydrogens is 266 g/mol. The van der Waals surface area contributed by atoms with Crippen LogP contribution in [0.25, 0.3) is 0 Å². The summed E-state index contributed by atoms with van der Waals surface area (Å²) in [6, 6.07) is 10.6. The van der Waals surface area contributed by atoms with Gasteiger partial charge in [-0.3, -0.25) is 4.99 Å². The summed E-state index contributed by atoms with van der Waals surface area (Å²) in [5.41, 5.74) is 0. The molecule has 1 aliphatic rings. The molecule has 0 atom stereocenters. The third-order valence-corrected chi connectivity index (χ3v) is 4.27. The summed E-state index contributed by atoms with van der Waals surface area (Å²) >= 11 is 1.91. The number of rotatable bonds is 8. The zero-order valence-electron chi connectivity index (χ0n) is 12.3. The van der Waals surface area contributed by atoms with E-state index in [4.69, 9.17) is 0 Å². The van der Waals surface area contributed by atoms with Crippen LogP contribution in [0.5, 0.6) is 0 Å². The van der Waals surface area contributed by atoms with Crippen LogP contribution in [0.1, 0.15) is 26.2 Å². The van der Waals surface area contributed by atoms with Crippen LogP contribution >= 0.6 is 11.8 Å². The van der Waals surface area contributed by atoms with Crippen LogP contribution in [0, 0.1) is 5.92 Å². The molecule has 1 aromatic rings. The highest BCUT2D eigenvalue weighted by Crippen LogP contribution is 2.28. The Kier molecular flexibility index (Phi) is 6.78. The van der Waals surface area contributed by atoms with Gasteiger partial charge in [-0.05, 0) is 50.0 Å². The van der Waals surface area contributed by atoms with Gasteiger partial charge < -0.3 is 10.6 Å². The number of thioether (sulfide) groups is 1. The van der Waals surface area contributed by atoms with Crippen LogP contribution in [0.15, 0.2) is 40.2 Å². The van der Waals surface area contributed by atoms with E-state index in [9.17, 15) is 0 Å². The summed E-state index contributed by atoms with van der Waals surface area (Å²) in [6.45, 7) is 5.00. The van der Waals surface area contributed by atoms with E-state index in [0.29, 0.717) is 0 Å². The first-order valence-electron chi connectivity index (χ1n) is 7.58. The fourth-order valence-electron chi connectivity index (χ4n) is 1.85. The lowest BCUT2D eigenvalue weighted by Gasteiger charge is -2.11. The predicted octanol–water partition coefficient (Wildman–Crippen LogP) is 3.13. The minimum atomic E-state index is 0.846. The summed E-state index contributed by atoms with van der Waals surface area (Å²) < 4.78 is 0. The molecule has 1 saturated carbocycles. The van der Waals surface area contributed by atoms with E-state index in [1.54, 1.807) is 0 Å². The van der Waals surface area contributed by atoms with Crippen molar-refractivity contribution in [2.24, 2.45) is 10.9 Å². The van der Waals surface area contributed by atoms with Crippen molar-refractivity contribution < 1.29 is 0 Å². The lowest BCUT2D eigenvalue weighted by Crippen LogP contribution is -2.38. The van der Waals surface area contributed by atoms with Crippen LogP contribution in [-0.2, 0) is 0 Å². The molecule has 0 unspecified atom stereocenters. The monoisotopic (exact) mass is 291 g/mol. The third-order valence-electron chi connectivity index (χ3n) is 3.17. The van der Waals surface area contributed by atoms with Crippen molar-refractivity contribution in [3.63, 3.8) is 0 Å². The Morgan fingerprint density at radius 2 is 2.05 bits per heavy atom. The van der Waals surface area contributed by atoms with Crippen molar-refractivity contribution in [2.45, 2.75) is 31.1 Å². The van der Waals surface area contributed by atoms with Crippen LogP contribution in [-0.4, -0.2) is 31.3 Å². The maximum Gasteiger partial charge on any atom is 0.191 e. The predicted molar refractivity (Wildman–Crippen MR) is 88.5 cm³/mol. The summed E-state index contributed by atoms with van der Waals surface area (Å²) in [5, 5.41) is 6.72. The van der Waals surface area contributed by atoms with Gasteiger partial charge in [0.15, 0.2) is 5.96 Å². The number of benzene rings is 1. The molecule has 1 aromatic carbocycles. The van der Waals surface area contributed by atoms with Crippen molar-refractivity contribution in [3.05, 3.63) is 30.3 Å². The van der Waals surface area contributed by atoms with Gasteiger partial charge in [-0.1, -0.05) is 18.2 Å². The molecule has 0 heterocycles. The Balaban J connectivity index is 1.59. The molecular formula is C16H25N3S. The van der Waals surface area contributed by atoms with E-state index in [1.807, 2.05) is 11.8 Å². The zero-order chi connectivity index (χ0) is 14.0. The van der Waals surface area contributed by atoms with Gasteiger partial charge in [-0.2, -0.15) is 0 Å². The smallest absolute Gasteiger partial charge is 0.191 e. The average Bonchev–Trinajstić information content (AvgIpc) is 3.29. The molecule has 0 saturated heterocycles. The van der Waals surface area contributed by atoms with Crippen molar-refractivity contribution in [2.75, 3.05) is 25.4 Å². The fourth-order valence-corrected chi connectivity index (χ4v) is 2.72. The quantitative estimate of drug-likeness (QED) is 0.334. The van der Waals surface area contributed by atoms with Gasteiger partial charge in [-0.25, -0.2) is 0 Å². The van der Waals surface area contributed by atoms with Gasteiger partial charge in [0.2, 0.25) is 0 Å². The van der Waals surface area contributed by atoms with Gasteiger partial charge in [0.1, 0.15) is 0 Å². The summed E-state index contributed by atoms with van der Waals surface area (Å²) in [5.74, 6) is 2.96. The Hall–Kier alpha value is -1.16. The summed E-state index contributed by atoms with van der Waals surface area (Å²) in [7, 11) is 0. The molecule has 0 spiro atoms. The number of nitrogens with zero attached hydrogens (tertiary/aromatic N) is 1. The van der Waals surface area contributed by atoms with E-state index in [0.717, 1.165) is 43.7 Å². The highest BCUT2D eigenvalue weighted by atomic mass is 32.2. The second-order valence-electron chi connectivity index (χ2n) is 5.10. The van der Waals surface area contributed by atoms with E-state index in [1.165, 1.54) is 17.7 Å². The van der Waals surface area contributed by atoms with Crippen LogP contribution in [0.3, 0.4) is 0 Å². The molecule has 0 aromatic heterocycles. The lowest BCUT2D eigenvalue weighted by molar-refractivity contribution is 0.770. The Bertz CT molecular complexity index is 401. The Labute approximate surface area is 126 Å². The molecule has 0 bridgehead atoms. The molecule has 0 radical (unpaired) electrons. The minimum Gasteiger partial charge on any atom is -0.357 e. The standard InChI is InChI=1S/C16H25N3S/c1-2-17-16(19-13-14-9-10-14)18-11-6-12-20-15-7-4-3-5-8-15/h3-5,7-8,14H,2,6,9-13H2,1H3,(H2,17,18,19). The first-order valence-corrected chi connectivity index (χ1v) is 8.57. The van der Waals surface area contributed by atoms with Gasteiger partial charge in [0, 0.05) is 24.5 Å². The highest BCUT2D eigenvalue weighted by molar-refractivity contribution is 7.99. The largest absolute Gasteiger partial charge is 0.357 e. The van der Waals surface area contributed by atoms with Crippen molar-refractivity contribution in [1.29, 1.82) is 0 Å². The summed E-state index contributed by atoms with van der Waals surface area (Å²) in [6.07, 6.45) is 3.86. The molecule has 1 aliphatic carbocycles. The molecule has 3 nitrogen and oxygen atoms in total. The lowest BCUT2D eigenvalue weighted by atomic mass is 10.4. The van der Waals surface area contributed by atoms with Crippen molar-refractivity contribution in [3.8, 4) is 0 Å². The molecule has 20 heavy (non-hydrogen) atoms. The molecule has 4 heteroatoms. The normalized spacial score (nSPS) is 15.2. The van der Waals surface area contributed by atoms with Gasteiger partial charge in [0.05, 0.1) is 0 Å². The van der Waals surface area contributed by atoms with Gasteiger partial charge >= 0.3 is 0 Å².